The van der Waals surface area contributed by atoms with E-state index in [9.17, 15) is 26.2 Å². The van der Waals surface area contributed by atoms with Crippen molar-refractivity contribution in [3.8, 4) is 69.5 Å². The highest BCUT2D eigenvalue weighted by atomic mass is 79.9. The Balaban J connectivity index is 0.000000224. The number of aliphatic hydroxyl groups is 4. The zero-order chi connectivity index (χ0) is 40.1. The number of nitrogen functional groups attached to an aromatic ring is 2. The maximum Gasteiger partial charge on any atom is 0.162 e. The summed E-state index contributed by atoms with van der Waals surface area (Å²) in [5.74, 6) is 2.32. The molecule has 16 nitrogen and oxygen atoms in total. The molecule has 2 aromatic heterocycles. The first-order valence-electron chi connectivity index (χ1n) is 16.1. The molecule has 0 aliphatic carbocycles. The van der Waals surface area contributed by atoms with Gasteiger partial charge in [0.2, 0.25) is 0 Å². The van der Waals surface area contributed by atoms with Crippen molar-refractivity contribution < 1.29 is 39.4 Å². The first-order valence-corrected chi connectivity index (χ1v) is 18.6. The van der Waals surface area contributed by atoms with E-state index in [0.29, 0.717) is 61.4 Å². The van der Waals surface area contributed by atoms with Gasteiger partial charge in [0.1, 0.15) is 69.9 Å². The van der Waals surface area contributed by atoms with Crippen LogP contribution >= 0.6 is 39.9 Å². The Morgan fingerprint density at radius 3 is 1.69 bits per heavy atom. The van der Waals surface area contributed by atoms with Crippen LogP contribution in [0.4, 0.5) is 11.6 Å². The summed E-state index contributed by atoms with van der Waals surface area (Å²) in [5.41, 5.74) is 14.2. The third-order valence-electron chi connectivity index (χ3n) is 7.61. The number of benzene rings is 2. The van der Waals surface area contributed by atoms with Gasteiger partial charge >= 0.3 is 0 Å². The molecule has 0 radical (unpaired) electrons. The van der Waals surface area contributed by atoms with Crippen LogP contribution in [0, 0.1) is 50.0 Å². The summed E-state index contributed by atoms with van der Waals surface area (Å²) in [6.45, 7) is 0.245. The van der Waals surface area contributed by atoms with Crippen LogP contribution in [-0.2, 0) is 0 Å². The van der Waals surface area contributed by atoms with Crippen LogP contribution in [-0.4, -0.2) is 93.3 Å². The second-order valence-electron chi connectivity index (χ2n) is 11.1. The number of nitrogens with two attached hydrogens (primary N) is 2. The highest BCUT2D eigenvalue weighted by molar-refractivity contribution is 9.09. The van der Waals surface area contributed by atoms with E-state index in [-0.39, 0.29) is 78.2 Å². The number of nitriles is 4. The van der Waals surface area contributed by atoms with Crippen molar-refractivity contribution in [1.29, 1.82) is 21.0 Å². The van der Waals surface area contributed by atoms with Crippen molar-refractivity contribution in [2.45, 2.75) is 17.2 Å². The zero-order valence-corrected chi connectivity index (χ0v) is 32.0. The van der Waals surface area contributed by atoms with Crippen LogP contribution < -0.4 is 30.4 Å². The predicted molar refractivity (Wildman–Crippen MR) is 207 cm³/mol. The van der Waals surface area contributed by atoms with Crippen LogP contribution in [0.5, 0.6) is 23.0 Å². The van der Waals surface area contributed by atoms with Gasteiger partial charge in [-0.05, 0) is 35.4 Å². The number of aliphatic hydroxyl groups excluding tert-OH is 4. The van der Waals surface area contributed by atoms with Gasteiger partial charge in [0.15, 0.2) is 35.2 Å². The number of hydrogen-bond acceptors (Lipinski definition) is 17. The Morgan fingerprint density at radius 1 is 0.764 bits per heavy atom. The fourth-order valence-electron chi connectivity index (χ4n) is 5.19. The minimum Gasteiger partial charge on any atom is -0.486 e. The quantitative estimate of drug-likeness (QED) is 0.0758. The molecule has 55 heavy (non-hydrogen) atoms. The van der Waals surface area contributed by atoms with Crippen molar-refractivity contribution >= 4 is 51.5 Å². The van der Waals surface area contributed by atoms with E-state index in [2.05, 4.69) is 32.0 Å². The molecule has 2 aliphatic rings. The summed E-state index contributed by atoms with van der Waals surface area (Å²) in [6.07, 6.45) is -0.861. The van der Waals surface area contributed by atoms with Crippen molar-refractivity contribution in [3.05, 3.63) is 63.3 Å². The van der Waals surface area contributed by atoms with E-state index in [4.69, 9.17) is 58.0 Å². The molecule has 0 spiro atoms. The molecule has 2 aliphatic heterocycles. The van der Waals surface area contributed by atoms with Crippen molar-refractivity contribution in [2.75, 3.05) is 62.2 Å². The summed E-state index contributed by atoms with van der Waals surface area (Å²) in [5, 5.41) is 74.3. The summed E-state index contributed by atoms with van der Waals surface area (Å²) in [6, 6.07) is 18.1. The van der Waals surface area contributed by atoms with Gasteiger partial charge in [0.25, 0.3) is 0 Å². The van der Waals surface area contributed by atoms with Crippen LogP contribution in [0.25, 0.3) is 22.3 Å². The molecule has 9 N–H and O–H groups in total. The van der Waals surface area contributed by atoms with Crippen LogP contribution in [0.15, 0.2) is 41.4 Å². The Bertz CT molecular complexity index is 2260. The molecule has 2 aromatic carbocycles. The maximum atomic E-state index is 9.68. The lowest BCUT2D eigenvalue weighted by atomic mass is 9.96. The first-order chi connectivity index (χ1) is 26.6. The summed E-state index contributed by atoms with van der Waals surface area (Å²) in [7, 11) is 0. The zero-order valence-electron chi connectivity index (χ0n) is 28.8. The fourth-order valence-corrected chi connectivity index (χ4v) is 6.18. The molecule has 0 bridgehead atoms. The number of fused-ring (bicyclic) bond motifs is 2. The number of anilines is 2. The molecular formula is C36H33BrN8O8S2. The normalized spacial score (nSPS) is 14.6. The number of nitrogens with zero attached hydrogens (tertiary/aromatic N) is 5. The number of alkyl halides is 1. The largest absolute Gasteiger partial charge is 0.486 e. The Hall–Kier alpha value is -5.61. The third kappa shape index (κ3) is 9.74. The van der Waals surface area contributed by atoms with E-state index < -0.39 is 12.2 Å². The number of ether oxygens (including phenoxy) is 4. The topological polar surface area (TPSA) is 294 Å². The molecule has 0 saturated heterocycles. The van der Waals surface area contributed by atoms with E-state index in [0.717, 1.165) is 0 Å². The summed E-state index contributed by atoms with van der Waals surface area (Å²) < 4.78 is 22.6. The standard InChI is InChI=1S/C18H16N4O4S.C16H12N4O3S.C2H5BrO/c19-6-12-16(13(7-20)18(22-17(12)21)27-4-3-23)10-1-2-14-15(5-10)25-9-11(8-24)26-14;17-4-10-14(11(5-18)16(24)20-15(10)19)8-1-2-12-13(3-8)22-7-9(6-21)23-12;3-1-2-4/h1-2,5,11,23-24H,3-4,8-9H2,(H2,21,22);1-3,9,21H,6-7H2,(H3,19,20,24);4H,1-2H2. The number of hydrogen-bond donors (Lipinski definition) is 7. The lowest BCUT2D eigenvalue weighted by Gasteiger charge is -2.25. The lowest BCUT2D eigenvalue weighted by Crippen LogP contribution is -2.32. The number of thioether (sulfide) groups is 1. The van der Waals surface area contributed by atoms with Crippen molar-refractivity contribution in [2.24, 2.45) is 0 Å². The van der Waals surface area contributed by atoms with Gasteiger partial charge < -0.3 is 55.8 Å². The highest BCUT2D eigenvalue weighted by Crippen LogP contribution is 2.41. The number of halogens is 1. The van der Waals surface area contributed by atoms with E-state index in [1.54, 1.807) is 36.4 Å². The van der Waals surface area contributed by atoms with Gasteiger partial charge in [-0.15, -0.1) is 11.8 Å². The maximum absolute atomic E-state index is 9.68. The Morgan fingerprint density at radius 2 is 1.25 bits per heavy atom. The molecule has 19 heteroatoms. The number of nitrogens with one attached hydrogen (secondary N) is 1. The first kappa shape index (κ1) is 42.1. The van der Waals surface area contributed by atoms with Crippen LogP contribution in [0.1, 0.15) is 22.3 Å². The molecular weight excluding hydrogens is 816 g/mol. The average Bonchev–Trinajstić information content (AvgIpc) is 3.21. The molecule has 6 rings (SSSR count). The monoisotopic (exact) mass is 848 g/mol. The van der Waals surface area contributed by atoms with E-state index in [1.807, 2.05) is 18.2 Å². The average molecular weight is 850 g/mol. The number of rotatable bonds is 8. The highest BCUT2D eigenvalue weighted by Gasteiger charge is 2.26. The number of aromatic amines is 1. The third-order valence-corrected chi connectivity index (χ3v) is 9.22. The number of H-pyrrole nitrogens is 1. The van der Waals surface area contributed by atoms with Gasteiger partial charge in [-0.1, -0.05) is 40.3 Å². The van der Waals surface area contributed by atoms with Crippen LogP contribution in [0.3, 0.4) is 0 Å². The molecule has 2 unspecified atom stereocenters. The van der Waals surface area contributed by atoms with Gasteiger partial charge in [-0.2, -0.15) is 21.0 Å². The molecule has 2 atom stereocenters. The van der Waals surface area contributed by atoms with Gasteiger partial charge in [0.05, 0.1) is 37.6 Å². The van der Waals surface area contributed by atoms with Crippen LogP contribution in [0.2, 0.25) is 0 Å². The van der Waals surface area contributed by atoms with Gasteiger partial charge in [-0.3, -0.25) is 0 Å². The smallest absolute Gasteiger partial charge is 0.162 e. The number of pyridine rings is 2. The molecule has 0 saturated carbocycles. The van der Waals surface area contributed by atoms with E-state index >= 15 is 0 Å². The Labute approximate surface area is 332 Å². The summed E-state index contributed by atoms with van der Waals surface area (Å²) >= 11 is 9.32. The lowest BCUT2D eigenvalue weighted by molar-refractivity contribution is 0.0457. The second-order valence-corrected chi connectivity index (χ2v) is 13.4. The van der Waals surface area contributed by atoms with Crippen molar-refractivity contribution in [1.82, 2.24) is 9.97 Å². The molecule has 0 amide bonds. The molecule has 4 heterocycles. The predicted octanol–water partition coefficient (Wildman–Crippen LogP) is 3.53. The molecule has 0 fully saturated rings. The minimum absolute atomic E-state index is 0.0159. The van der Waals surface area contributed by atoms with Crippen molar-refractivity contribution in [3.63, 3.8) is 0 Å². The summed E-state index contributed by atoms with van der Waals surface area (Å²) in [4.78, 5) is 6.81. The fraction of sp³-hybridized carbons (Fsp3) is 0.278. The minimum atomic E-state index is -0.439. The SMILES string of the molecule is N#Cc1c(N)[nH]c(=S)c(C#N)c1-c1ccc2c(c1)OCC(CO)O2.N#Cc1c(N)nc(SCCO)c(C#N)c1-c1ccc2c(c1)OCC(CO)O2.OCCBr. The Kier molecular flexibility index (Phi) is 15.5. The second kappa shape index (κ2) is 20.2. The molecule has 284 valence electrons. The van der Waals surface area contributed by atoms with Gasteiger partial charge in [0, 0.05) is 22.2 Å². The van der Waals surface area contributed by atoms with E-state index in [1.165, 1.54) is 11.8 Å². The number of aromatic nitrogens is 2. The van der Waals surface area contributed by atoms with Gasteiger partial charge in [-0.25, -0.2) is 4.98 Å². The molecule has 4 aromatic rings.